The average molecular weight is 267 g/mol. The van der Waals surface area contributed by atoms with E-state index in [1.54, 1.807) is 12.1 Å². The summed E-state index contributed by atoms with van der Waals surface area (Å²) in [6, 6.07) is 9.19. The molecule has 0 saturated carbocycles. The second-order valence-corrected chi connectivity index (χ2v) is 4.53. The van der Waals surface area contributed by atoms with Crippen molar-refractivity contribution in [3.63, 3.8) is 0 Å². The summed E-state index contributed by atoms with van der Waals surface area (Å²) in [6.07, 6.45) is 0. The molecule has 0 bridgehead atoms. The molecule has 2 N–H and O–H groups in total. The molecule has 0 unspecified atom stereocenters. The molecule has 6 heteroatoms. The number of hydrogen-bond donors (Lipinski definition) is 1. The number of rotatable bonds is 2. The number of hydrogen-bond acceptors (Lipinski definition) is 6. The Bertz CT molecular complexity index is 749. The number of benzene rings is 1. The third-order valence-corrected chi connectivity index (χ3v) is 2.93. The highest BCUT2D eigenvalue weighted by atomic mass is 16.5. The lowest BCUT2D eigenvalue weighted by Crippen LogP contribution is -1.93. The smallest absolute Gasteiger partial charge is 0.260 e. The molecular weight excluding hydrogens is 254 g/mol. The molecule has 20 heavy (non-hydrogen) atoms. The Morgan fingerprint density at radius 1 is 1.05 bits per heavy atom. The lowest BCUT2D eigenvalue weighted by atomic mass is 10.2. The fourth-order valence-corrected chi connectivity index (χ4v) is 1.85. The van der Waals surface area contributed by atoms with Crippen LogP contribution in [0, 0.1) is 13.8 Å². The van der Waals surface area contributed by atoms with Gasteiger partial charge in [-0.1, -0.05) is 5.16 Å². The van der Waals surface area contributed by atoms with Gasteiger partial charge in [0.1, 0.15) is 0 Å². The summed E-state index contributed by atoms with van der Waals surface area (Å²) >= 11 is 0. The molecule has 0 aliphatic carbocycles. The van der Waals surface area contributed by atoms with Crippen LogP contribution in [0.3, 0.4) is 0 Å². The van der Waals surface area contributed by atoms with Crippen molar-refractivity contribution in [3.8, 4) is 22.8 Å². The largest absolute Gasteiger partial charge is 0.399 e. The summed E-state index contributed by atoms with van der Waals surface area (Å²) in [5.74, 6) is 0.959. The minimum atomic E-state index is 0.437. The van der Waals surface area contributed by atoms with Gasteiger partial charge in [0.25, 0.3) is 5.89 Å². The van der Waals surface area contributed by atoms with Gasteiger partial charge in [-0.15, -0.1) is 0 Å². The molecule has 2 heterocycles. The SMILES string of the molecule is Cc1cc(-c2nc(-c3ccc(N)cc3)no2)c(C)nn1. The minimum Gasteiger partial charge on any atom is -0.399 e. The van der Waals surface area contributed by atoms with E-state index in [-0.39, 0.29) is 0 Å². The van der Waals surface area contributed by atoms with E-state index in [0.717, 1.165) is 22.5 Å². The van der Waals surface area contributed by atoms with E-state index in [1.165, 1.54) is 0 Å². The van der Waals surface area contributed by atoms with Crippen LogP contribution in [0.1, 0.15) is 11.4 Å². The fraction of sp³-hybridized carbons (Fsp3) is 0.143. The van der Waals surface area contributed by atoms with Crippen LogP contribution in [0.2, 0.25) is 0 Å². The number of aryl methyl sites for hydroxylation is 2. The van der Waals surface area contributed by atoms with Gasteiger partial charge >= 0.3 is 0 Å². The van der Waals surface area contributed by atoms with Gasteiger partial charge in [-0.3, -0.25) is 0 Å². The molecule has 1 aromatic carbocycles. The van der Waals surface area contributed by atoms with Crippen molar-refractivity contribution < 1.29 is 4.52 Å². The topological polar surface area (TPSA) is 90.7 Å². The summed E-state index contributed by atoms with van der Waals surface area (Å²) < 4.78 is 5.31. The summed E-state index contributed by atoms with van der Waals surface area (Å²) in [7, 11) is 0. The highest BCUT2D eigenvalue weighted by Crippen LogP contribution is 2.24. The fourth-order valence-electron chi connectivity index (χ4n) is 1.85. The second-order valence-electron chi connectivity index (χ2n) is 4.53. The highest BCUT2D eigenvalue weighted by Gasteiger charge is 2.13. The Hall–Kier alpha value is -2.76. The molecule has 0 atom stereocenters. The lowest BCUT2D eigenvalue weighted by Gasteiger charge is -1.99. The zero-order valence-electron chi connectivity index (χ0n) is 11.2. The van der Waals surface area contributed by atoms with E-state index >= 15 is 0 Å². The predicted molar refractivity (Wildman–Crippen MR) is 74.6 cm³/mol. The maximum absolute atomic E-state index is 5.66. The van der Waals surface area contributed by atoms with E-state index in [9.17, 15) is 0 Å². The average Bonchev–Trinajstić information content (AvgIpc) is 2.92. The summed E-state index contributed by atoms with van der Waals surface area (Å²) in [6.45, 7) is 3.72. The first kappa shape index (κ1) is 12.3. The Morgan fingerprint density at radius 3 is 2.55 bits per heavy atom. The van der Waals surface area contributed by atoms with Crippen LogP contribution in [0.5, 0.6) is 0 Å². The summed E-state index contributed by atoms with van der Waals surface area (Å²) in [4.78, 5) is 4.40. The first-order valence-electron chi connectivity index (χ1n) is 6.14. The molecule has 3 rings (SSSR count). The maximum Gasteiger partial charge on any atom is 0.260 e. The van der Waals surface area contributed by atoms with Gasteiger partial charge in [-0.2, -0.15) is 15.2 Å². The quantitative estimate of drug-likeness (QED) is 0.717. The van der Waals surface area contributed by atoms with Crippen molar-refractivity contribution in [1.82, 2.24) is 20.3 Å². The Morgan fingerprint density at radius 2 is 1.80 bits per heavy atom. The number of nitrogen functional groups attached to an aromatic ring is 1. The number of aromatic nitrogens is 4. The molecule has 3 aromatic rings. The zero-order chi connectivity index (χ0) is 14.1. The predicted octanol–water partition coefficient (Wildman–Crippen LogP) is 2.39. The molecule has 6 nitrogen and oxygen atoms in total. The number of nitrogens with zero attached hydrogens (tertiary/aromatic N) is 4. The van der Waals surface area contributed by atoms with Gasteiger partial charge in [0.15, 0.2) is 0 Å². The number of nitrogens with two attached hydrogens (primary N) is 1. The molecule has 0 radical (unpaired) electrons. The molecule has 100 valence electrons. The van der Waals surface area contributed by atoms with E-state index in [2.05, 4.69) is 20.3 Å². The Kier molecular flexibility index (Phi) is 2.90. The van der Waals surface area contributed by atoms with Crippen molar-refractivity contribution in [3.05, 3.63) is 41.7 Å². The molecule has 0 fully saturated rings. The van der Waals surface area contributed by atoms with Crippen molar-refractivity contribution in [2.24, 2.45) is 0 Å². The lowest BCUT2D eigenvalue weighted by molar-refractivity contribution is 0.431. The number of anilines is 1. The molecule has 0 aliphatic rings. The normalized spacial score (nSPS) is 10.7. The Balaban J connectivity index is 2.01. The van der Waals surface area contributed by atoms with Crippen LogP contribution in [0.15, 0.2) is 34.9 Å². The van der Waals surface area contributed by atoms with Crippen molar-refractivity contribution in [2.75, 3.05) is 5.73 Å². The van der Waals surface area contributed by atoms with Crippen LogP contribution < -0.4 is 5.73 Å². The summed E-state index contributed by atoms with van der Waals surface area (Å²) in [5, 5.41) is 12.0. The van der Waals surface area contributed by atoms with Gasteiger partial charge < -0.3 is 10.3 Å². The van der Waals surface area contributed by atoms with Gasteiger partial charge in [0, 0.05) is 11.3 Å². The van der Waals surface area contributed by atoms with Gasteiger partial charge in [-0.05, 0) is 44.2 Å². The third-order valence-electron chi connectivity index (χ3n) is 2.93. The van der Waals surface area contributed by atoms with E-state index in [1.807, 2.05) is 32.0 Å². The van der Waals surface area contributed by atoms with Crippen molar-refractivity contribution in [2.45, 2.75) is 13.8 Å². The second kappa shape index (κ2) is 4.73. The van der Waals surface area contributed by atoms with Crippen molar-refractivity contribution in [1.29, 1.82) is 0 Å². The maximum atomic E-state index is 5.66. The van der Waals surface area contributed by atoms with E-state index in [0.29, 0.717) is 17.4 Å². The zero-order valence-corrected chi connectivity index (χ0v) is 11.2. The van der Waals surface area contributed by atoms with Crippen LogP contribution in [-0.2, 0) is 0 Å². The molecular formula is C14H13N5O. The molecule has 2 aromatic heterocycles. The molecule has 0 spiro atoms. The molecule has 0 amide bonds. The van der Waals surface area contributed by atoms with Gasteiger partial charge in [0.05, 0.1) is 17.0 Å². The van der Waals surface area contributed by atoms with Crippen LogP contribution >= 0.6 is 0 Å². The van der Waals surface area contributed by atoms with E-state index < -0.39 is 0 Å². The van der Waals surface area contributed by atoms with Crippen LogP contribution in [0.25, 0.3) is 22.8 Å². The minimum absolute atomic E-state index is 0.437. The van der Waals surface area contributed by atoms with Gasteiger partial charge in [-0.25, -0.2) is 0 Å². The van der Waals surface area contributed by atoms with Crippen LogP contribution in [-0.4, -0.2) is 20.3 Å². The first-order valence-corrected chi connectivity index (χ1v) is 6.14. The van der Waals surface area contributed by atoms with Crippen molar-refractivity contribution >= 4 is 5.69 Å². The highest BCUT2D eigenvalue weighted by molar-refractivity contribution is 5.62. The first-order chi connectivity index (χ1) is 9.63. The third kappa shape index (κ3) is 2.23. The monoisotopic (exact) mass is 267 g/mol. The summed E-state index contributed by atoms with van der Waals surface area (Å²) in [5.41, 5.74) is 9.56. The van der Waals surface area contributed by atoms with Crippen LogP contribution in [0.4, 0.5) is 5.69 Å². The Labute approximate surface area is 115 Å². The van der Waals surface area contributed by atoms with Gasteiger partial charge in [0.2, 0.25) is 5.82 Å². The van der Waals surface area contributed by atoms with E-state index in [4.69, 9.17) is 10.3 Å². The standard InChI is InChI=1S/C14H13N5O/c1-8-7-12(9(2)18-17-8)14-16-13(19-20-14)10-3-5-11(15)6-4-10/h3-7H,15H2,1-2H3. The molecule has 0 saturated heterocycles. The molecule has 0 aliphatic heterocycles.